The van der Waals surface area contributed by atoms with Gasteiger partial charge in [0, 0.05) is 4.91 Å². The normalized spacial score (nSPS) is 11.1. The molecule has 0 saturated heterocycles. The Labute approximate surface area is 99.2 Å². The summed E-state index contributed by atoms with van der Waals surface area (Å²) in [5.41, 5.74) is 1.27. The molecule has 0 aliphatic rings. The lowest BCUT2D eigenvalue weighted by atomic mass is 10.0. The molecule has 102 valence electrons. The van der Waals surface area contributed by atoms with Gasteiger partial charge in [-0.25, -0.2) is 18.0 Å². The zero-order valence-electron chi connectivity index (χ0n) is 8.46. The van der Waals surface area contributed by atoms with Crippen molar-refractivity contribution in [2.45, 2.75) is 6.18 Å². The lowest BCUT2D eigenvalue weighted by molar-refractivity contribution is -0.140. The summed E-state index contributed by atoms with van der Waals surface area (Å²) in [6.07, 6.45) is -5.62. The van der Waals surface area contributed by atoms with Crippen molar-refractivity contribution < 1.29 is 36.2 Å². The SMILES string of the molecule is [N-]=[N+]=Nc1c(F)c(F)c(C(=O)O)c(C(F)(F)F)c1F. The predicted molar refractivity (Wildman–Crippen MR) is 47.1 cm³/mol. The van der Waals surface area contributed by atoms with Crippen molar-refractivity contribution in [1.29, 1.82) is 0 Å². The Balaban J connectivity index is 3.97. The van der Waals surface area contributed by atoms with Crippen LogP contribution >= 0.6 is 0 Å². The molecular formula is C8HF6N3O2. The number of halogens is 6. The first kappa shape index (κ1) is 14.6. The largest absolute Gasteiger partial charge is 0.478 e. The highest BCUT2D eigenvalue weighted by Gasteiger charge is 2.43. The van der Waals surface area contributed by atoms with Crippen molar-refractivity contribution in [3.8, 4) is 0 Å². The third-order valence-electron chi connectivity index (χ3n) is 1.94. The number of alkyl halides is 3. The first-order valence-corrected chi connectivity index (χ1v) is 4.19. The van der Waals surface area contributed by atoms with Crippen LogP contribution in [-0.4, -0.2) is 11.1 Å². The van der Waals surface area contributed by atoms with Crippen LogP contribution in [0.4, 0.5) is 32.0 Å². The number of rotatable bonds is 2. The Bertz CT molecular complexity index is 606. The zero-order valence-corrected chi connectivity index (χ0v) is 8.46. The van der Waals surface area contributed by atoms with Gasteiger partial charge >= 0.3 is 12.1 Å². The van der Waals surface area contributed by atoms with Crippen molar-refractivity contribution in [2.75, 3.05) is 0 Å². The van der Waals surface area contributed by atoms with E-state index in [2.05, 4.69) is 5.11 Å². The fourth-order valence-corrected chi connectivity index (χ4v) is 1.25. The molecular weight excluding hydrogens is 284 g/mol. The van der Waals surface area contributed by atoms with Crippen LogP contribution in [0, 0.1) is 17.5 Å². The number of aromatic carboxylic acids is 1. The van der Waals surface area contributed by atoms with Gasteiger partial charge in [-0.2, -0.15) is 13.2 Å². The first-order chi connectivity index (χ1) is 8.62. The topological polar surface area (TPSA) is 86.1 Å². The molecule has 1 aromatic rings. The van der Waals surface area contributed by atoms with Gasteiger partial charge in [0.25, 0.3) is 0 Å². The van der Waals surface area contributed by atoms with Gasteiger partial charge in [0.15, 0.2) is 11.6 Å². The molecule has 0 aromatic heterocycles. The van der Waals surface area contributed by atoms with Crippen LogP contribution in [0.3, 0.4) is 0 Å². The van der Waals surface area contributed by atoms with Crippen molar-refractivity contribution in [2.24, 2.45) is 5.11 Å². The monoisotopic (exact) mass is 285 g/mol. The van der Waals surface area contributed by atoms with E-state index >= 15 is 0 Å². The highest BCUT2D eigenvalue weighted by atomic mass is 19.4. The summed E-state index contributed by atoms with van der Waals surface area (Å²) in [5, 5.41) is 10.6. The second-order valence-corrected chi connectivity index (χ2v) is 3.03. The van der Waals surface area contributed by atoms with E-state index < -0.39 is 46.4 Å². The third-order valence-corrected chi connectivity index (χ3v) is 1.94. The van der Waals surface area contributed by atoms with Gasteiger partial charge in [-0.05, 0) is 5.53 Å². The fraction of sp³-hybridized carbons (Fsp3) is 0.125. The molecule has 0 bridgehead atoms. The van der Waals surface area contributed by atoms with Gasteiger partial charge in [0.1, 0.15) is 22.6 Å². The van der Waals surface area contributed by atoms with E-state index in [4.69, 9.17) is 10.6 Å². The van der Waals surface area contributed by atoms with Gasteiger partial charge < -0.3 is 5.11 Å². The molecule has 0 radical (unpaired) electrons. The average Bonchev–Trinajstić information content (AvgIpc) is 2.26. The Hall–Kier alpha value is -2.42. The van der Waals surface area contributed by atoms with E-state index in [0.29, 0.717) is 0 Å². The third kappa shape index (κ3) is 2.40. The summed E-state index contributed by atoms with van der Waals surface area (Å²) in [5.74, 6) is -9.80. The number of nitrogens with zero attached hydrogens (tertiary/aromatic N) is 3. The van der Waals surface area contributed by atoms with Crippen molar-refractivity contribution in [3.05, 3.63) is 39.0 Å². The Kier molecular flexibility index (Phi) is 3.61. The molecule has 0 atom stereocenters. The number of benzene rings is 1. The molecule has 0 unspecified atom stereocenters. The minimum Gasteiger partial charge on any atom is -0.478 e. The van der Waals surface area contributed by atoms with Crippen LogP contribution in [-0.2, 0) is 6.18 Å². The van der Waals surface area contributed by atoms with Gasteiger partial charge in [0.05, 0.1) is 0 Å². The molecule has 1 rings (SSSR count). The van der Waals surface area contributed by atoms with Crippen molar-refractivity contribution in [1.82, 2.24) is 0 Å². The predicted octanol–water partition coefficient (Wildman–Crippen LogP) is 3.76. The summed E-state index contributed by atoms with van der Waals surface area (Å²) in [6.45, 7) is 0. The maximum Gasteiger partial charge on any atom is 0.420 e. The standard InChI is InChI=1S/C8HF6N3O2/c9-3-1(7(18)19)2(8(12,13)14)4(10)6(5(3)11)16-17-15/h(H,18,19). The van der Waals surface area contributed by atoms with Crippen LogP contribution in [0.5, 0.6) is 0 Å². The second-order valence-electron chi connectivity index (χ2n) is 3.03. The summed E-state index contributed by atoms with van der Waals surface area (Å²) in [6, 6.07) is 0. The lowest BCUT2D eigenvalue weighted by Gasteiger charge is -2.14. The molecule has 0 heterocycles. The minimum atomic E-state index is -5.62. The molecule has 5 nitrogen and oxygen atoms in total. The molecule has 0 aliphatic carbocycles. The van der Waals surface area contributed by atoms with Crippen LogP contribution in [0.1, 0.15) is 15.9 Å². The number of azide groups is 1. The molecule has 0 amide bonds. The highest BCUT2D eigenvalue weighted by molar-refractivity contribution is 5.90. The quantitative estimate of drug-likeness (QED) is 0.295. The van der Waals surface area contributed by atoms with Crippen LogP contribution in [0.25, 0.3) is 10.4 Å². The average molecular weight is 285 g/mol. The number of carbonyl (C=O) groups is 1. The van der Waals surface area contributed by atoms with Gasteiger partial charge in [-0.15, -0.1) is 0 Å². The summed E-state index contributed by atoms with van der Waals surface area (Å²) in [7, 11) is 0. The minimum absolute atomic E-state index is 1.83. The molecule has 0 aliphatic heterocycles. The van der Waals surface area contributed by atoms with E-state index in [-0.39, 0.29) is 0 Å². The molecule has 19 heavy (non-hydrogen) atoms. The van der Waals surface area contributed by atoms with Gasteiger partial charge in [0.2, 0.25) is 0 Å². The molecule has 1 N–H and O–H groups in total. The maximum absolute atomic E-state index is 13.4. The maximum atomic E-state index is 13.4. The molecule has 0 spiro atoms. The van der Waals surface area contributed by atoms with E-state index in [1.165, 1.54) is 0 Å². The van der Waals surface area contributed by atoms with Gasteiger partial charge in [-0.3, -0.25) is 0 Å². The van der Waals surface area contributed by atoms with E-state index in [0.717, 1.165) is 0 Å². The molecule has 11 heteroatoms. The smallest absolute Gasteiger partial charge is 0.420 e. The molecule has 0 saturated carbocycles. The van der Waals surface area contributed by atoms with Crippen LogP contribution in [0.2, 0.25) is 0 Å². The van der Waals surface area contributed by atoms with Crippen LogP contribution in [0.15, 0.2) is 5.11 Å². The number of hydrogen-bond donors (Lipinski definition) is 1. The fourth-order valence-electron chi connectivity index (χ4n) is 1.25. The van der Waals surface area contributed by atoms with E-state index in [9.17, 15) is 31.1 Å². The lowest BCUT2D eigenvalue weighted by Crippen LogP contribution is -2.19. The summed E-state index contributed by atoms with van der Waals surface area (Å²) >= 11 is 0. The first-order valence-electron chi connectivity index (χ1n) is 4.19. The second kappa shape index (κ2) is 4.69. The van der Waals surface area contributed by atoms with Crippen molar-refractivity contribution in [3.63, 3.8) is 0 Å². The van der Waals surface area contributed by atoms with E-state index in [1.807, 2.05) is 4.91 Å². The number of carboxylic acids is 1. The molecule has 0 fully saturated rings. The van der Waals surface area contributed by atoms with Crippen LogP contribution < -0.4 is 0 Å². The van der Waals surface area contributed by atoms with E-state index in [1.54, 1.807) is 0 Å². The number of carboxylic acid groups (broad SMARTS) is 1. The highest BCUT2D eigenvalue weighted by Crippen LogP contribution is 2.40. The van der Waals surface area contributed by atoms with Gasteiger partial charge in [-0.1, -0.05) is 5.11 Å². The van der Waals surface area contributed by atoms with Crippen molar-refractivity contribution >= 4 is 11.7 Å². The molecule has 1 aromatic carbocycles. The Morgan fingerprint density at radius 3 is 2.05 bits per heavy atom. The summed E-state index contributed by atoms with van der Waals surface area (Å²) < 4.78 is 77.1. The zero-order chi connectivity index (χ0) is 15.0. The Morgan fingerprint density at radius 2 is 1.68 bits per heavy atom. The number of hydrogen-bond acceptors (Lipinski definition) is 2. The Morgan fingerprint density at radius 1 is 1.16 bits per heavy atom. The summed E-state index contributed by atoms with van der Waals surface area (Å²) in [4.78, 5) is 12.3.